The number of aromatic hydroxyl groups is 2. The average Bonchev–Trinajstić information content (AvgIpc) is 2.88. The molecule has 180 valence electrons. The summed E-state index contributed by atoms with van der Waals surface area (Å²) in [5.41, 5.74) is 3.60. The Morgan fingerprint density at radius 3 is 2.20 bits per heavy atom. The Morgan fingerprint density at radius 2 is 1.51 bits per heavy atom. The highest BCUT2D eigenvalue weighted by molar-refractivity contribution is 6.15. The molecule has 2 atom stereocenters. The van der Waals surface area contributed by atoms with Gasteiger partial charge in [-0.25, -0.2) is 0 Å². The predicted octanol–water partition coefficient (Wildman–Crippen LogP) is 4.74. The fraction of sp³-hybridized carbons (Fsp3) is 0.286. The van der Waals surface area contributed by atoms with Crippen molar-refractivity contribution in [1.29, 1.82) is 0 Å². The Balaban J connectivity index is 1.58. The minimum atomic E-state index is -0.840. The molecule has 0 bridgehead atoms. The molecule has 1 heterocycles. The van der Waals surface area contributed by atoms with Crippen LogP contribution in [0.15, 0.2) is 36.4 Å². The SMILES string of the molecule is COc1cc(C2COc3cc4ccc5c(O)cc(OC)c6c5c4c(c3C2O)CC6)cc(OC)c1O. The van der Waals surface area contributed by atoms with Crippen LogP contribution in [0.3, 0.4) is 0 Å². The number of ether oxygens (including phenoxy) is 4. The summed E-state index contributed by atoms with van der Waals surface area (Å²) in [5, 5.41) is 36.5. The number of hydrogen-bond donors (Lipinski definition) is 3. The number of aliphatic hydroxyl groups excluding tert-OH is 1. The average molecular weight is 475 g/mol. The quantitative estimate of drug-likeness (QED) is 0.368. The third kappa shape index (κ3) is 3.01. The normalized spacial score (nSPS) is 18.4. The molecule has 4 aromatic rings. The molecule has 6 rings (SSSR count). The molecule has 1 aliphatic carbocycles. The lowest BCUT2D eigenvalue weighted by Crippen LogP contribution is -2.26. The highest BCUT2D eigenvalue weighted by atomic mass is 16.5. The molecule has 0 saturated carbocycles. The van der Waals surface area contributed by atoms with Crippen LogP contribution in [0.5, 0.6) is 34.5 Å². The van der Waals surface area contributed by atoms with E-state index in [4.69, 9.17) is 18.9 Å². The van der Waals surface area contributed by atoms with Crippen LogP contribution >= 0.6 is 0 Å². The standard InChI is InChI=1S/C28H26O7/c1-32-20-11-19(29)15-5-4-13-8-21-26(17-7-6-16(20)25(15)24(13)17)27(30)18(12-35-21)14-9-22(33-2)28(31)23(10-14)34-3/h4-5,8-11,18,27,29-31H,6-7,12H2,1-3H3. The van der Waals surface area contributed by atoms with E-state index in [-0.39, 0.29) is 35.5 Å². The second kappa shape index (κ2) is 7.85. The van der Waals surface area contributed by atoms with Crippen molar-refractivity contribution in [2.45, 2.75) is 24.9 Å². The number of fused-ring (bicyclic) bond motifs is 2. The van der Waals surface area contributed by atoms with Gasteiger partial charge in [-0.05, 0) is 52.9 Å². The summed E-state index contributed by atoms with van der Waals surface area (Å²) in [6, 6.07) is 11.0. The molecule has 2 unspecified atom stereocenters. The number of phenols is 2. The molecule has 4 aromatic carbocycles. The van der Waals surface area contributed by atoms with E-state index in [0.717, 1.165) is 50.2 Å². The first kappa shape index (κ1) is 21.7. The van der Waals surface area contributed by atoms with Gasteiger partial charge in [0.2, 0.25) is 5.75 Å². The maximum Gasteiger partial charge on any atom is 0.200 e. The summed E-state index contributed by atoms with van der Waals surface area (Å²) in [4.78, 5) is 0. The van der Waals surface area contributed by atoms with Gasteiger partial charge in [-0.15, -0.1) is 0 Å². The molecule has 0 fully saturated rings. The zero-order valence-corrected chi connectivity index (χ0v) is 19.7. The monoisotopic (exact) mass is 474 g/mol. The van der Waals surface area contributed by atoms with Crippen LogP contribution < -0.4 is 18.9 Å². The van der Waals surface area contributed by atoms with E-state index in [1.807, 2.05) is 18.2 Å². The lowest BCUT2D eigenvalue weighted by Gasteiger charge is -2.34. The molecular formula is C28H26O7. The molecule has 7 nitrogen and oxygen atoms in total. The fourth-order valence-corrected chi connectivity index (χ4v) is 5.77. The minimum absolute atomic E-state index is 0.0841. The first-order chi connectivity index (χ1) is 17.0. The summed E-state index contributed by atoms with van der Waals surface area (Å²) in [7, 11) is 4.57. The van der Waals surface area contributed by atoms with E-state index in [1.165, 1.54) is 14.2 Å². The van der Waals surface area contributed by atoms with Gasteiger partial charge in [0.05, 0.1) is 34.0 Å². The second-order valence-electron chi connectivity index (χ2n) is 9.07. The number of benzene rings is 4. The summed E-state index contributed by atoms with van der Waals surface area (Å²) in [5.74, 6) is 1.59. The van der Waals surface area contributed by atoms with Gasteiger partial charge in [0.15, 0.2) is 11.5 Å². The van der Waals surface area contributed by atoms with Gasteiger partial charge in [-0.3, -0.25) is 0 Å². The number of methoxy groups -OCH3 is 3. The number of hydrogen-bond acceptors (Lipinski definition) is 7. The van der Waals surface area contributed by atoms with Crippen LogP contribution in [-0.4, -0.2) is 43.3 Å². The summed E-state index contributed by atoms with van der Waals surface area (Å²) >= 11 is 0. The van der Waals surface area contributed by atoms with Crippen molar-refractivity contribution >= 4 is 21.5 Å². The van der Waals surface area contributed by atoms with Crippen molar-refractivity contribution in [3.8, 4) is 34.5 Å². The maximum atomic E-state index is 11.7. The largest absolute Gasteiger partial charge is 0.507 e. The zero-order valence-electron chi connectivity index (χ0n) is 19.7. The van der Waals surface area contributed by atoms with Gasteiger partial charge in [-0.1, -0.05) is 12.1 Å². The number of phenolic OH excluding ortho intramolecular Hbond substituents is 2. The van der Waals surface area contributed by atoms with Crippen LogP contribution in [0.1, 0.15) is 34.3 Å². The Hall–Kier alpha value is -3.84. The zero-order chi connectivity index (χ0) is 24.4. The molecule has 0 spiro atoms. The van der Waals surface area contributed by atoms with Crippen LogP contribution in [0.4, 0.5) is 0 Å². The summed E-state index contributed by atoms with van der Waals surface area (Å²) < 4.78 is 22.5. The van der Waals surface area contributed by atoms with Gasteiger partial charge in [-0.2, -0.15) is 0 Å². The molecule has 0 radical (unpaired) electrons. The summed E-state index contributed by atoms with van der Waals surface area (Å²) in [6.07, 6.45) is 0.594. The van der Waals surface area contributed by atoms with Crippen molar-refractivity contribution in [2.24, 2.45) is 0 Å². The number of aryl methyl sites for hydroxylation is 2. The molecule has 2 aliphatic rings. The topological polar surface area (TPSA) is 97.6 Å². The first-order valence-corrected chi connectivity index (χ1v) is 11.5. The smallest absolute Gasteiger partial charge is 0.200 e. The predicted molar refractivity (Wildman–Crippen MR) is 131 cm³/mol. The van der Waals surface area contributed by atoms with Crippen LogP contribution in [-0.2, 0) is 12.8 Å². The third-order valence-corrected chi connectivity index (χ3v) is 7.43. The van der Waals surface area contributed by atoms with E-state index in [2.05, 4.69) is 0 Å². The van der Waals surface area contributed by atoms with Crippen LogP contribution in [0.25, 0.3) is 21.5 Å². The molecule has 7 heteroatoms. The molecule has 1 aliphatic heterocycles. The Kier molecular flexibility index (Phi) is 4.86. The van der Waals surface area contributed by atoms with E-state index in [1.54, 1.807) is 25.3 Å². The molecule has 0 saturated heterocycles. The maximum absolute atomic E-state index is 11.7. The van der Waals surface area contributed by atoms with Crippen molar-refractivity contribution < 1.29 is 34.3 Å². The number of rotatable bonds is 4. The van der Waals surface area contributed by atoms with Crippen molar-refractivity contribution in [1.82, 2.24) is 0 Å². The summed E-state index contributed by atoms with van der Waals surface area (Å²) in [6.45, 7) is 0.267. The van der Waals surface area contributed by atoms with E-state index in [0.29, 0.717) is 17.9 Å². The molecule has 3 N–H and O–H groups in total. The highest BCUT2D eigenvalue weighted by Crippen LogP contribution is 2.51. The Bertz CT molecular complexity index is 1480. The van der Waals surface area contributed by atoms with Gasteiger partial charge in [0, 0.05) is 33.9 Å². The van der Waals surface area contributed by atoms with Crippen LogP contribution in [0, 0.1) is 0 Å². The molecule has 0 aromatic heterocycles. The van der Waals surface area contributed by atoms with Crippen molar-refractivity contribution in [3.63, 3.8) is 0 Å². The molecule has 0 amide bonds. The van der Waals surface area contributed by atoms with E-state index in [9.17, 15) is 15.3 Å². The lowest BCUT2D eigenvalue weighted by atomic mass is 9.78. The minimum Gasteiger partial charge on any atom is -0.507 e. The van der Waals surface area contributed by atoms with E-state index < -0.39 is 6.10 Å². The molecular weight excluding hydrogens is 448 g/mol. The van der Waals surface area contributed by atoms with Gasteiger partial charge < -0.3 is 34.3 Å². The second-order valence-corrected chi connectivity index (χ2v) is 9.07. The third-order valence-electron chi connectivity index (χ3n) is 7.43. The Morgan fingerprint density at radius 1 is 0.829 bits per heavy atom. The molecule has 35 heavy (non-hydrogen) atoms. The van der Waals surface area contributed by atoms with E-state index >= 15 is 0 Å². The highest BCUT2D eigenvalue weighted by Gasteiger charge is 2.36. The fourth-order valence-electron chi connectivity index (χ4n) is 5.77. The van der Waals surface area contributed by atoms with Gasteiger partial charge in [0.25, 0.3) is 0 Å². The van der Waals surface area contributed by atoms with Crippen molar-refractivity contribution in [3.05, 3.63) is 58.7 Å². The van der Waals surface area contributed by atoms with Crippen molar-refractivity contribution in [2.75, 3.05) is 27.9 Å². The van der Waals surface area contributed by atoms with Gasteiger partial charge in [0.1, 0.15) is 17.2 Å². The Labute approximate surface area is 202 Å². The van der Waals surface area contributed by atoms with Gasteiger partial charge >= 0.3 is 0 Å². The van der Waals surface area contributed by atoms with Crippen LogP contribution in [0.2, 0.25) is 0 Å². The number of aliphatic hydroxyl groups is 1. The first-order valence-electron chi connectivity index (χ1n) is 11.5. The lowest BCUT2D eigenvalue weighted by molar-refractivity contribution is 0.0880.